The van der Waals surface area contributed by atoms with Crippen LogP contribution in [0.2, 0.25) is 0 Å². The molecule has 4 nitrogen and oxygen atoms in total. The van der Waals surface area contributed by atoms with E-state index in [-0.39, 0.29) is 0 Å². The molecule has 4 heteroatoms. The fourth-order valence-corrected chi connectivity index (χ4v) is 4.98. The summed E-state index contributed by atoms with van der Waals surface area (Å²) in [5.41, 5.74) is 2.20. The standard InChI is InChI=1S/C22H35N3O/c1-21(2,3)9-10-23-16-22(17-23)18-24(13-19-7-5-4-6-8-19)14-20-15-26-12-11-25(20)22/h4-8,20H,9-18H2,1-3H3/t20-/m1/s1. The predicted molar refractivity (Wildman–Crippen MR) is 106 cm³/mol. The molecule has 1 atom stereocenters. The summed E-state index contributed by atoms with van der Waals surface area (Å²) in [6.45, 7) is 17.0. The van der Waals surface area contributed by atoms with E-state index in [9.17, 15) is 0 Å². The maximum absolute atomic E-state index is 5.84. The highest BCUT2D eigenvalue weighted by Gasteiger charge is 2.53. The van der Waals surface area contributed by atoms with Crippen molar-refractivity contribution >= 4 is 0 Å². The first-order valence-corrected chi connectivity index (χ1v) is 10.3. The normalized spacial score (nSPS) is 27.3. The Morgan fingerprint density at radius 3 is 2.54 bits per heavy atom. The molecule has 3 aliphatic heterocycles. The molecule has 3 fully saturated rings. The topological polar surface area (TPSA) is 19.0 Å². The monoisotopic (exact) mass is 357 g/mol. The first kappa shape index (κ1) is 18.4. The Hall–Kier alpha value is -0.940. The van der Waals surface area contributed by atoms with Crippen molar-refractivity contribution in [3.63, 3.8) is 0 Å². The molecule has 0 saturated carbocycles. The van der Waals surface area contributed by atoms with Crippen LogP contribution >= 0.6 is 0 Å². The second-order valence-electron chi connectivity index (χ2n) is 9.82. The van der Waals surface area contributed by atoms with Crippen molar-refractivity contribution in [2.45, 2.75) is 45.3 Å². The van der Waals surface area contributed by atoms with Gasteiger partial charge in [0, 0.05) is 45.3 Å². The van der Waals surface area contributed by atoms with Crippen LogP contribution in [0.4, 0.5) is 0 Å². The molecular weight excluding hydrogens is 322 g/mol. The third-order valence-corrected chi connectivity index (χ3v) is 6.29. The minimum Gasteiger partial charge on any atom is -0.378 e. The van der Waals surface area contributed by atoms with E-state index in [4.69, 9.17) is 4.74 Å². The summed E-state index contributed by atoms with van der Waals surface area (Å²) in [7, 11) is 0. The number of morpholine rings is 1. The number of ether oxygens (including phenoxy) is 1. The van der Waals surface area contributed by atoms with E-state index in [1.165, 1.54) is 38.2 Å². The van der Waals surface area contributed by atoms with Gasteiger partial charge in [0.15, 0.2) is 0 Å². The molecule has 0 aromatic heterocycles. The lowest BCUT2D eigenvalue weighted by atomic mass is 9.81. The SMILES string of the molecule is CC(C)(C)CCN1CC2(CN(Cc3ccccc3)C[C@@H]3COCCN32)C1. The number of hydrogen-bond acceptors (Lipinski definition) is 4. The summed E-state index contributed by atoms with van der Waals surface area (Å²) in [5.74, 6) is 0. The van der Waals surface area contributed by atoms with Gasteiger partial charge in [0.2, 0.25) is 0 Å². The summed E-state index contributed by atoms with van der Waals surface area (Å²) in [4.78, 5) is 8.14. The maximum atomic E-state index is 5.84. The molecule has 0 bridgehead atoms. The first-order chi connectivity index (χ1) is 12.4. The second-order valence-corrected chi connectivity index (χ2v) is 9.82. The Labute approximate surface area is 159 Å². The van der Waals surface area contributed by atoms with Gasteiger partial charge in [-0.15, -0.1) is 0 Å². The van der Waals surface area contributed by atoms with Crippen molar-refractivity contribution in [3.8, 4) is 0 Å². The fourth-order valence-electron chi connectivity index (χ4n) is 4.98. The summed E-state index contributed by atoms with van der Waals surface area (Å²) in [5, 5.41) is 0. The van der Waals surface area contributed by atoms with Gasteiger partial charge in [0.1, 0.15) is 0 Å². The summed E-state index contributed by atoms with van der Waals surface area (Å²) < 4.78 is 5.84. The van der Waals surface area contributed by atoms with Gasteiger partial charge in [0.05, 0.1) is 18.8 Å². The van der Waals surface area contributed by atoms with Crippen molar-refractivity contribution in [1.82, 2.24) is 14.7 Å². The number of benzene rings is 1. The van der Waals surface area contributed by atoms with Crippen LogP contribution in [0.5, 0.6) is 0 Å². The number of nitrogens with zero attached hydrogens (tertiary/aromatic N) is 3. The van der Waals surface area contributed by atoms with Gasteiger partial charge in [-0.1, -0.05) is 51.1 Å². The molecule has 144 valence electrons. The zero-order valence-corrected chi connectivity index (χ0v) is 16.8. The van der Waals surface area contributed by atoms with E-state index in [0.717, 1.165) is 32.8 Å². The molecule has 0 aliphatic carbocycles. The van der Waals surface area contributed by atoms with Gasteiger partial charge in [0.25, 0.3) is 0 Å². The smallest absolute Gasteiger partial charge is 0.0635 e. The molecule has 1 spiro atoms. The van der Waals surface area contributed by atoms with E-state index in [0.29, 0.717) is 17.0 Å². The molecule has 0 amide bonds. The lowest BCUT2D eigenvalue weighted by Crippen LogP contribution is -2.80. The molecule has 0 unspecified atom stereocenters. The minimum atomic E-state index is 0.347. The quantitative estimate of drug-likeness (QED) is 0.825. The Morgan fingerprint density at radius 1 is 1.08 bits per heavy atom. The van der Waals surface area contributed by atoms with Gasteiger partial charge in [-0.2, -0.15) is 0 Å². The highest BCUT2D eigenvalue weighted by atomic mass is 16.5. The second kappa shape index (κ2) is 7.23. The minimum absolute atomic E-state index is 0.347. The van der Waals surface area contributed by atoms with Crippen LogP contribution in [0.3, 0.4) is 0 Å². The largest absolute Gasteiger partial charge is 0.378 e. The van der Waals surface area contributed by atoms with E-state index in [1.807, 2.05) is 0 Å². The third-order valence-electron chi connectivity index (χ3n) is 6.29. The summed E-state index contributed by atoms with van der Waals surface area (Å²) in [6, 6.07) is 11.5. The van der Waals surface area contributed by atoms with Gasteiger partial charge in [-0.3, -0.25) is 14.7 Å². The molecular formula is C22H35N3O. The molecule has 26 heavy (non-hydrogen) atoms. The zero-order valence-electron chi connectivity index (χ0n) is 16.8. The zero-order chi connectivity index (χ0) is 18.2. The van der Waals surface area contributed by atoms with Crippen molar-refractivity contribution in [2.24, 2.45) is 5.41 Å². The Bertz CT molecular complexity index is 591. The van der Waals surface area contributed by atoms with Crippen molar-refractivity contribution < 1.29 is 4.74 Å². The van der Waals surface area contributed by atoms with Crippen LogP contribution in [0, 0.1) is 5.41 Å². The number of rotatable bonds is 4. The Morgan fingerprint density at radius 2 is 1.81 bits per heavy atom. The summed E-state index contributed by atoms with van der Waals surface area (Å²) >= 11 is 0. The Kier molecular flexibility index (Phi) is 5.13. The molecule has 1 aromatic carbocycles. The molecule has 3 saturated heterocycles. The van der Waals surface area contributed by atoms with Gasteiger partial charge >= 0.3 is 0 Å². The number of piperazine rings is 1. The van der Waals surface area contributed by atoms with Crippen LogP contribution in [0.25, 0.3) is 0 Å². The fraction of sp³-hybridized carbons (Fsp3) is 0.727. The molecule has 4 rings (SSSR count). The lowest BCUT2D eigenvalue weighted by Gasteiger charge is -2.63. The first-order valence-electron chi connectivity index (χ1n) is 10.3. The van der Waals surface area contributed by atoms with Crippen molar-refractivity contribution in [3.05, 3.63) is 35.9 Å². The van der Waals surface area contributed by atoms with Crippen LogP contribution in [0.1, 0.15) is 32.8 Å². The van der Waals surface area contributed by atoms with E-state index in [2.05, 4.69) is 65.8 Å². The highest BCUT2D eigenvalue weighted by Crippen LogP contribution is 2.36. The van der Waals surface area contributed by atoms with E-state index < -0.39 is 0 Å². The molecule has 0 N–H and O–H groups in total. The maximum Gasteiger partial charge on any atom is 0.0635 e. The Balaban J connectivity index is 1.42. The summed E-state index contributed by atoms with van der Waals surface area (Å²) in [6.07, 6.45) is 1.28. The van der Waals surface area contributed by atoms with Crippen LogP contribution < -0.4 is 0 Å². The van der Waals surface area contributed by atoms with Crippen LogP contribution in [-0.4, -0.2) is 78.8 Å². The van der Waals surface area contributed by atoms with Crippen LogP contribution in [0.15, 0.2) is 30.3 Å². The van der Waals surface area contributed by atoms with Gasteiger partial charge in [-0.05, 0) is 23.9 Å². The molecule has 1 aromatic rings. The number of likely N-dealkylation sites (tertiary alicyclic amines) is 1. The average molecular weight is 358 g/mol. The van der Waals surface area contributed by atoms with Gasteiger partial charge in [-0.25, -0.2) is 0 Å². The van der Waals surface area contributed by atoms with E-state index >= 15 is 0 Å². The number of fused-ring (bicyclic) bond motifs is 2. The third kappa shape index (κ3) is 3.99. The van der Waals surface area contributed by atoms with Crippen molar-refractivity contribution in [2.75, 3.05) is 52.5 Å². The highest BCUT2D eigenvalue weighted by molar-refractivity contribution is 5.17. The van der Waals surface area contributed by atoms with Crippen molar-refractivity contribution in [1.29, 1.82) is 0 Å². The molecule has 3 aliphatic rings. The average Bonchev–Trinajstić information content (AvgIpc) is 2.58. The van der Waals surface area contributed by atoms with Crippen LogP contribution in [-0.2, 0) is 11.3 Å². The predicted octanol–water partition coefficient (Wildman–Crippen LogP) is 2.69. The molecule has 0 radical (unpaired) electrons. The lowest BCUT2D eigenvalue weighted by molar-refractivity contribution is -0.167. The van der Waals surface area contributed by atoms with E-state index in [1.54, 1.807) is 0 Å². The molecule has 3 heterocycles. The number of hydrogen-bond donors (Lipinski definition) is 0. The van der Waals surface area contributed by atoms with Gasteiger partial charge < -0.3 is 4.74 Å².